The van der Waals surface area contributed by atoms with E-state index in [1.807, 2.05) is 89.6 Å². The maximum absolute atomic E-state index is 12.6. The smallest absolute Gasteiger partial charge is 0.258 e. The third-order valence-corrected chi connectivity index (χ3v) is 4.67. The zero-order chi connectivity index (χ0) is 19.6. The predicted molar refractivity (Wildman–Crippen MR) is 112 cm³/mol. The quantitative estimate of drug-likeness (QED) is 0.502. The highest BCUT2D eigenvalue weighted by Gasteiger charge is 2.10. The first-order valence-corrected chi connectivity index (χ1v) is 9.22. The van der Waals surface area contributed by atoms with Gasteiger partial charge >= 0.3 is 0 Å². The van der Waals surface area contributed by atoms with Crippen molar-refractivity contribution in [3.8, 4) is 16.9 Å². The van der Waals surface area contributed by atoms with Crippen molar-refractivity contribution in [1.82, 2.24) is 19.2 Å². The molecule has 0 aliphatic rings. The summed E-state index contributed by atoms with van der Waals surface area (Å²) in [5.74, 6) is -0.201. The van der Waals surface area contributed by atoms with Crippen LogP contribution in [0.25, 0.3) is 22.6 Å². The average Bonchev–Trinajstić information content (AvgIpc) is 3.42. The number of imidazole rings is 1. The zero-order valence-corrected chi connectivity index (χ0v) is 15.4. The lowest BCUT2D eigenvalue weighted by atomic mass is 10.1. The monoisotopic (exact) mass is 379 g/mol. The minimum Gasteiger partial charge on any atom is -0.322 e. The van der Waals surface area contributed by atoms with E-state index in [0.29, 0.717) is 5.56 Å². The summed E-state index contributed by atoms with van der Waals surface area (Å²) < 4.78 is 3.66. The summed E-state index contributed by atoms with van der Waals surface area (Å²) in [7, 11) is 0. The molecule has 5 aromatic rings. The van der Waals surface area contributed by atoms with Crippen LogP contribution in [0.5, 0.6) is 0 Å². The molecule has 2 aromatic carbocycles. The molecule has 6 heteroatoms. The first kappa shape index (κ1) is 16.9. The largest absolute Gasteiger partial charge is 0.322 e. The number of fused-ring (bicyclic) bond motifs is 1. The Hall–Kier alpha value is -4.19. The van der Waals surface area contributed by atoms with E-state index in [-0.39, 0.29) is 5.91 Å². The number of benzene rings is 2. The molecule has 0 spiro atoms. The van der Waals surface area contributed by atoms with Crippen LogP contribution in [0, 0.1) is 0 Å². The van der Waals surface area contributed by atoms with Gasteiger partial charge in [-0.1, -0.05) is 36.4 Å². The first-order valence-electron chi connectivity index (χ1n) is 9.22. The number of pyridine rings is 1. The summed E-state index contributed by atoms with van der Waals surface area (Å²) in [6.07, 6.45) is 7.24. The van der Waals surface area contributed by atoms with Gasteiger partial charge in [-0.25, -0.2) is 9.67 Å². The Labute approximate surface area is 167 Å². The molecule has 5 rings (SSSR count). The normalized spacial score (nSPS) is 10.9. The number of carbonyl (C=O) groups excluding carboxylic acids is 1. The Morgan fingerprint density at radius 3 is 2.45 bits per heavy atom. The number of nitrogens with zero attached hydrogens (tertiary/aromatic N) is 4. The minimum atomic E-state index is -0.201. The Kier molecular flexibility index (Phi) is 4.14. The summed E-state index contributed by atoms with van der Waals surface area (Å²) in [5.41, 5.74) is 4.90. The second-order valence-corrected chi connectivity index (χ2v) is 6.63. The second-order valence-electron chi connectivity index (χ2n) is 6.63. The third kappa shape index (κ3) is 3.39. The van der Waals surface area contributed by atoms with Gasteiger partial charge in [-0.2, -0.15) is 5.10 Å². The van der Waals surface area contributed by atoms with Crippen molar-refractivity contribution in [1.29, 1.82) is 0 Å². The van der Waals surface area contributed by atoms with Gasteiger partial charge in [0.15, 0.2) is 0 Å². The van der Waals surface area contributed by atoms with Crippen LogP contribution < -0.4 is 5.32 Å². The highest BCUT2D eigenvalue weighted by molar-refractivity contribution is 6.04. The molecule has 3 heterocycles. The molecule has 1 amide bonds. The van der Waals surface area contributed by atoms with Crippen LogP contribution in [0.3, 0.4) is 0 Å². The van der Waals surface area contributed by atoms with E-state index in [1.165, 1.54) is 0 Å². The van der Waals surface area contributed by atoms with Gasteiger partial charge in [0.25, 0.3) is 5.91 Å². The first-order chi connectivity index (χ1) is 14.3. The van der Waals surface area contributed by atoms with Gasteiger partial charge in [-0.3, -0.25) is 4.79 Å². The van der Waals surface area contributed by atoms with Crippen LogP contribution in [-0.2, 0) is 0 Å². The Bertz CT molecular complexity index is 1250. The van der Waals surface area contributed by atoms with Crippen molar-refractivity contribution in [2.24, 2.45) is 0 Å². The van der Waals surface area contributed by atoms with Crippen LogP contribution in [-0.4, -0.2) is 25.1 Å². The Morgan fingerprint density at radius 1 is 0.862 bits per heavy atom. The lowest BCUT2D eigenvalue weighted by Crippen LogP contribution is -2.10. The number of rotatable bonds is 4. The predicted octanol–water partition coefficient (Wildman–Crippen LogP) is 4.44. The molecule has 1 N–H and O–H groups in total. The molecule has 0 aliphatic heterocycles. The summed E-state index contributed by atoms with van der Waals surface area (Å²) >= 11 is 0. The van der Waals surface area contributed by atoms with Crippen molar-refractivity contribution in [2.45, 2.75) is 0 Å². The molecule has 6 nitrogen and oxygen atoms in total. The van der Waals surface area contributed by atoms with E-state index < -0.39 is 0 Å². The van der Waals surface area contributed by atoms with Gasteiger partial charge in [0.05, 0.1) is 23.1 Å². The molecule has 140 valence electrons. The molecule has 3 aromatic heterocycles. The summed E-state index contributed by atoms with van der Waals surface area (Å²) in [5, 5.41) is 7.18. The zero-order valence-electron chi connectivity index (χ0n) is 15.4. The lowest BCUT2D eigenvalue weighted by Gasteiger charge is -2.04. The number of hydrogen-bond donors (Lipinski definition) is 1. The fraction of sp³-hybridized carbons (Fsp3) is 0. The molecule has 0 unspecified atom stereocenters. The van der Waals surface area contributed by atoms with Gasteiger partial charge in [-0.05, 0) is 36.4 Å². The fourth-order valence-electron chi connectivity index (χ4n) is 3.16. The molecule has 0 aliphatic carbocycles. The van der Waals surface area contributed by atoms with E-state index >= 15 is 0 Å². The average molecular weight is 379 g/mol. The van der Waals surface area contributed by atoms with Crippen LogP contribution in [0.1, 0.15) is 10.4 Å². The fourth-order valence-corrected chi connectivity index (χ4v) is 3.16. The van der Waals surface area contributed by atoms with E-state index in [9.17, 15) is 4.79 Å². The molecule has 0 fully saturated rings. The van der Waals surface area contributed by atoms with Crippen LogP contribution in [0.4, 0.5) is 5.69 Å². The van der Waals surface area contributed by atoms with E-state index in [2.05, 4.69) is 15.4 Å². The molecule has 29 heavy (non-hydrogen) atoms. The molecule has 0 saturated heterocycles. The molecule has 0 bridgehead atoms. The van der Waals surface area contributed by atoms with Crippen LogP contribution in [0.15, 0.2) is 97.6 Å². The van der Waals surface area contributed by atoms with Crippen LogP contribution in [0.2, 0.25) is 0 Å². The second kappa shape index (κ2) is 7.09. The van der Waals surface area contributed by atoms with Crippen molar-refractivity contribution < 1.29 is 4.79 Å². The van der Waals surface area contributed by atoms with Gasteiger partial charge in [0, 0.05) is 29.8 Å². The highest BCUT2D eigenvalue weighted by Crippen LogP contribution is 2.21. The van der Waals surface area contributed by atoms with Gasteiger partial charge < -0.3 is 9.72 Å². The van der Waals surface area contributed by atoms with Gasteiger partial charge in [0.2, 0.25) is 0 Å². The van der Waals surface area contributed by atoms with E-state index in [4.69, 9.17) is 0 Å². The number of para-hydroxylation sites is 1. The summed E-state index contributed by atoms with van der Waals surface area (Å²) in [6, 6.07) is 23.2. The SMILES string of the molecule is O=C(Nc1ccc(-c2cn3ccccc3n2)cc1)c1cnn(-c2ccccc2)c1. The minimum absolute atomic E-state index is 0.201. The summed E-state index contributed by atoms with van der Waals surface area (Å²) in [6.45, 7) is 0. The van der Waals surface area contributed by atoms with E-state index in [0.717, 1.165) is 28.3 Å². The molecule has 0 radical (unpaired) electrons. The Morgan fingerprint density at radius 2 is 1.66 bits per heavy atom. The Balaban J connectivity index is 1.32. The molecule has 0 saturated carbocycles. The maximum Gasteiger partial charge on any atom is 0.258 e. The maximum atomic E-state index is 12.6. The summed E-state index contributed by atoms with van der Waals surface area (Å²) in [4.78, 5) is 17.2. The highest BCUT2D eigenvalue weighted by atomic mass is 16.1. The number of aromatic nitrogens is 4. The van der Waals surface area contributed by atoms with Crippen LogP contribution >= 0.6 is 0 Å². The molecule has 0 atom stereocenters. The van der Waals surface area contributed by atoms with Crippen molar-refractivity contribution in [2.75, 3.05) is 5.32 Å². The number of hydrogen-bond acceptors (Lipinski definition) is 3. The number of amides is 1. The number of nitrogens with one attached hydrogen (secondary N) is 1. The topological polar surface area (TPSA) is 64.2 Å². The van der Waals surface area contributed by atoms with Gasteiger partial charge in [0.1, 0.15) is 5.65 Å². The van der Waals surface area contributed by atoms with Crippen molar-refractivity contribution >= 4 is 17.2 Å². The van der Waals surface area contributed by atoms with Crippen molar-refractivity contribution in [3.63, 3.8) is 0 Å². The lowest BCUT2D eigenvalue weighted by molar-refractivity contribution is 0.102. The number of anilines is 1. The van der Waals surface area contributed by atoms with Gasteiger partial charge in [-0.15, -0.1) is 0 Å². The van der Waals surface area contributed by atoms with E-state index in [1.54, 1.807) is 17.1 Å². The molecular formula is C23H17N5O. The standard InChI is InChI=1S/C23H17N5O/c29-23(18-14-24-28(15-18)20-6-2-1-3-7-20)25-19-11-9-17(10-12-19)21-16-27-13-5-4-8-22(27)26-21/h1-16H,(H,25,29). The molecular weight excluding hydrogens is 362 g/mol. The third-order valence-electron chi connectivity index (χ3n) is 4.67. The van der Waals surface area contributed by atoms with Crippen molar-refractivity contribution in [3.05, 3.63) is 103 Å². The number of carbonyl (C=O) groups is 1.